The number of H-pyrrole nitrogens is 1. The molecule has 8 heteroatoms. The van der Waals surface area contributed by atoms with Gasteiger partial charge in [-0.3, -0.25) is 9.59 Å². The van der Waals surface area contributed by atoms with Gasteiger partial charge in [-0.2, -0.15) is 0 Å². The first-order chi connectivity index (χ1) is 12.5. The van der Waals surface area contributed by atoms with Crippen LogP contribution < -0.4 is 5.56 Å². The number of benzene rings is 1. The minimum atomic E-state index is -0.209. The molecule has 3 heterocycles. The van der Waals surface area contributed by atoms with E-state index in [-0.39, 0.29) is 11.3 Å². The van der Waals surface area contributed by atoms with E-state index in [9.17, 15) is 9.59 Å². The van der Waals surface area contributed by atoms with Crippen LogP contribution in [0, 0.1) is 6.92 Å². The number of aromatic nitrogens is 4. The van der Waals surface area contributed by atoms with Gasteiger partial charge in [-0.05, 0) is 25.5 Å². The van der Waals surface area contributed by atoms with Crippen molar-refractivity contribution in [1.82, 2.24) is 19.9 Å². The first-order valence-corrected chi connectivity index (χ1v) is 9.70. The molecular formula is C18H14N4O2S2. The van der Waals surface area contributed by atoms with E-state index in [1.807, 2.05) is 24.3 Å². The smallest absolute Gasteiger partial charge is 0.259 e. The van der Waals surface area contributed by atoms with Crippen molar-refractivity contribution in [3.63, 3.8) is 0 Å². The number of para-hydroxylation sites is 1. The number of rotatable bonds is 4. The zero-order valence-electron chi connectivity index (χ0n) is 14.1. The highest BCUT2D eigenvalue weighted by molar-refractivity contribution is 7.98. The van der Waals surface area contributed by atoms with Crippen molar-refractivity contribution in [2.24, 2.45) is 0 Å². The summed E-state index contributed by atoms with van der Waals surface area (Å²) in [4.78, 5) is 41.3. The maximum atomic E-state index is 12.4. The molecule has 0 unspecified atom stereocenters. The number of nitrogens with zero attached hydrogens (tertiary/aromatic N) is 3. The number of nitrogens with one attached hydrogen (secondary N) is 1. The third-order valence-electron chi connectivity index (χ3n) is 4.02. The Balaban J connectivity index is 1.69. The van der Waals surface area contributed by atoms with Crippen molar-refractivity contribution < 1.29 is 4.79 Å². The molecule has 4 rings (SSSR count). The molecule has 0 atom stereocenters. The second-order valence-electron chi connectivity index (χ2n) is 5.79. The van der Waals surface area contributed by atoms with Crippen LogP contribution in [-0.2, 0) is 5.75 Å². The largest absolute Gasteiger partial charge is 0.309 e. The Labute approximate surface area is 156 Å². The number of aryl methyl sites for hydroxylation is 1. The summed E-state index contributed by atoms with van der Waals surface area (Å²) in [5, 5.41) is 2.31. The van der Waals surface area contributed by atoms with E-state index in [4.69, 9.17) is 0 Å². The van der Waals surface area contributed by atoms with Crippen LogP contribution in [-0.4, -0.2) is 25.7 Å². The number of Topliss-reactive ketones (excluding diaryl/α,β-unsaturated/α-hetero) is 1. The highest BCUT2D eigenvalue weighted by atomic mass is 32.2. The fraction of sp³-hybridized carbons (Fsp3) is 0.167. The first-order valence-electron chi connectivity index (χ1n) is 7.90. The third kappa shape index (κ3) is 2.91. The summed E-state index contributed by atoms with van der Waals surface area (Å²) < 4.78 is 0. The molecule has 6 nitrogen and oxygen atoms in total. The van der Waals surface area contributed by atoms with Gasteiger partial charge in [0.15, 0.2) is 5.78 Å². The Morgan fingerprint density at radius 3 is 2.88 bits per heavy atom. The number of carbonyl (C=O) groups excluding carboxylic acids is 1. The number of hydrogen-bond acceptors (Lipinski definition) is 7. The quantitative estimate of drug-likeness (QED) is 0.329. The topological polar surface area (TPSA) is 88.6 Å². The van der Waals surface area contributed by atoms with Crippen molar-refractivity contribution in [3.05, 3.63) is 57.2 Å². The number of hydrogen-bond donors (Lipinski definition) is 1. The second kappa shape index (κ2) is 6.62. The molecule has 4 aromatic rings. The van der Waals surface area contributed by atoms with Gasteiger partial charge < -0.3 is 4.98 Å². The summed E-state index contributed by atoms with van der Waals surface area (Å²) in [7, 11) is 0. The van der Waals surface area contributed by atoms with Gasteiger partial charge >= 0.3 is 0 Å². The van der Waals surface area contributed by atoms with Gasteiger partial charge in [0.05, 0.1) is 21.5 Å². The molecule has 1 N–H and O–H groups in total. The van der Waals surface area contributed by atoms with Crippen molar-refractivity contribution in [2.45, 2.75) is 24.6 Å². The summed E-state index contributed by atoms with van der Waals surface area (Å²) in [6.45, 7) is 3.29. The van der Waals surface area contributed by atoms with E-state index in [1.165, 1.54) is 36.3 Å². The average Bonchev–Trinajstić information content (AvgIpc) is 2.97. The number of thioether (sulfide) groups is 1. The van der Waals surface area contributed by atoms with E-state index in [0.717, 1.165) is 15.9 Å². The van der Waals surface area contributed by atoms with Crippen molar-refractivity contribution in [3.8, 4) is 0 Å². The van der Waals surface area contributed by atoms with Crippen molar-refractivity contribution in [2.75, 3.05) is 0 Å². The predicted molar refractivity (Wildman–Crippen MR) is 104 cm³/mol. The number of thiophene rings is 1. The predicted octanol–water partition coefficient (Wildman–Crippen LogP) is 3.73. The van der Waals surface area contributed by atoms with Crippen molar-refractivity contribution in [1.29, 1.82) is 0 Å². The lowest BCUT2D eigenvalue weighted by Crippen LogP contribution is -2.11. The molecule has 1 aromatic carbocycles. The maximum absolute atomic E-state index is 12.4. The van der Waals surface area contributed by atoms with E-state index in [0.29, 0.717) is 32.2 Å². The maximum Gasteiger partial charge on any atom is 0.259 e. The van der Waals surface area contributed by atoms with Gasteiger partial charge in [0.2, 0.25) is 0 Å². The standard InChI is InChI=1S/C18H14N4O2S2/c1-9-14-16(24)21-13(22-18(14)26-15(9)10(2)23)7-25-17-11-5-3-4-6-12(11)19-8-20-17/h3-6,8H,7H2,1-2H3,(H,21,22,24). The molecule has 0 saturated heterocycles. The summed E-state index contributed by atoms with van der Waals surface area (Å²) in [5.41, 5.74) is 1.37. The van der Waals surface area contributed by atoms with Gasteiger partial charge in [0.1, 0.15) is 22.0 Å². The van der Waals surface area contributed by atoms with Gasteiger partial charge in [-0.25, -0.2) is 15.0 Å². The van der Waals surface area contributed by atoms with Crippen LogP contribution in [0.2, 0.25) is 0 Å². The van der Waals surface area contributed by atoms with Crippen LogP contribution in [0.3, 0.4) is 0 Å². The molecule has 0 saturated carbocycles. The Bertz CT molecular complexity index is 1210. The lowest BCUT2D eigenvalue weighted by atomic mass is 10.2. The third-order valence-corrected chi connectivity index (χ3v) is 6.32. The van der Waals surface area contributed by atoms with Crippen molar-refractivity contribution >= 4 is 50.0 Å². The number of carbonyl (C=O) groups is 1. The summed E-state index contributed by atoms with van der Waals surface area (Å²) in [6.07, 6.45) is 1.53. The van der Waals surface area contributed by atoms with E-state index < -0.39 is 0 Å². The minimum Gasteiger partial charge on any atom is -0.309 e. The van der Waals surface area contributed by atoms with E-state index in [2.05, 4.69) is 19.9 Å². The first kappa shape index (κ1) is 16.9. The van der Waals surface area contributed by atoms with Gasteiger partial charge in [-0.15, -0.1) is 11.3 Å². The van der Waals surface area contributed by atoms with Crippen LogP contribution in [0.15, 0.2) is 40.4 Å². The molecule has 0 aliphatic rings. The Kier molecular flexibility index (Phi) is 4.29. The molecule has 0 aliphatic carbocycles. The summed E-state index contributed by atoms with van der Waals surface area (Å²) in [6, 6.07) is 7.78. The Hall–Kier alpha value is -2.58. The van der Waals surface area contributed by atoms with E-state index >= 15 is 0 Å². The summed E-state index contributed by atoms with van der Waals surface area (Å²) in [5.74, 6) is 0.985. The molecule has 0 radical (unpaired) electrons. The van der Waals surface area contributed by atoms with Crippen LogP contribution in [0.1, 0.15) is 28.0 Å². The average molecular weight is 382 g/mol. The molecule has 26 heavy (non-hydrogen) atoms. The molecule has 3 aromatic heterocycles. The monoisotopic (exact) mass is 382 g/mol. The van der Waals surface area contributed by atoms with E-state index in [1.54, 1.807) is 6.92 Å². The molecule has 130 valence electrons. The van der Waals surface area contributed by atoms with Gasteiger partial charge in [-0.1, -0.05) is 30.0 Å². The molecule has 0 amide bonds. The molecule has 0 aliphatic heterocycles. The van der Waals surface area contributed by atoms with Gasteiger partial charge in [0.25, 0.3) is 5.56 Å². The number of aromatic amines is 1. The van der Waals surface area contributed by atoms with Crippen LogP contribution in [0.5, 0.6) is 0 Å². The molecule has 0 spiro atoms. The van der Waals surface area contributed by atoms with Crippen LogP contribution in [0.4, 0.5) is 0 Å². The zero-order chi connectivity index (χ0) is 18.3. The van der Waals surface area contributed by atoms with Gasteiger partial charge in [0, 0.05) is 5.39 Å². The normalized spacial score (nSPS) is 11.3. The lowest BCUT2D eigenvalue weighted by Gasteiger charge is -2.04. The van der Waals surface area contributed by atoms with Crippen LogP contribution >= 0.6 is 23.1 Å². The fourth-order valence-corrected chi connectivity index (χ4v) is 4.78. The Morgan fingerprint density at radius 2 is 2.08 bits per heavy atom. The second-order valence-corrected chi connectivity index (χ2v) is 7.75. The molecule has 0 fully saturated rings. The highest BCUT2D eigenvalue weighted by Gasteiger charge is 2.17. The SMILES string of the molecule is CC(=O)c1sc2nc(CSc3ncnc4ccccc34)[nH]c(=O)c2c1C. The Morgan fingerprint density at radius 1 is 1.27 bits per heavy atom. The number of fused-ring (bicyclic) bond motifs is 2. The molecular weight excluding hydrogens is 368 g/mol. The zero-order valence-corrected chi connectivity index (χ0v) is 15.7. The minimum absolute atomic E-state index is 0.0479. The lowest BCUT2D eigenvalue weighted by molar-refractivity contribution is 0.102. The van der Waals surface area contributed by atoms with Crippen LogP contribution in [0.25, 0.3) is 21.1 Å². The molecule has 0 bridgehead atoms. The highest BCUT2D eigenvalue weighted by Crippen LogP contribution is 2.29. The fourth-order valence-electron chi connectivity index (χ4n) is 2.82. The summed E-state index contributed by atoms with van der Waals surface area (Å²) >= 11 is 2.76. The number of ketones is 1.